The highest BCUT2D eigenvalue weighted by atomic mass is 19.4. The van der Waals surface area contributed by atoms with Crippen LogP contribution in [0.15, 0.2) is 94.8 Å². The van der Waals surface area contributed by atoms with Gasteiger partial charge in [-0.15, -0.1) is 0 Å². The molecular formula is C47H38F8N14O4. The number of halogens is 8. The number of nitrogens with one attached hydrogen (secondary N) is 5. The number of anilines is 6. The summed E-state index contributed by atoms with van der Waals surface area (Å²) in [5, 5.41) is 29.1. The molecule has 2 amide bonds. The van der Waals surface area contributed by atoms with Crippen molar-refractivity contribution in [2.45, 2.75) is 81.6 Å². The lowest BCUT2D eigenvalue weighted by atomic mass is 10.0. The zero-order valence-electron chi connectivity index (χ0n) is 38.1. The van der Waals surface area contributed by atoms with Gasteiger partial charge >= 0.3 is 12.4 Å². The van der Waals surface area contributed by atoms with Gasteiger partial charge in [0.15, 0.2) is 28.6 Å². The Labute approximate surface area is 406 Å². The maximum atomic E-state index is 15.2. The van der Waals surface area contributed by atoms with Crippen molar-refractivity contribution in [2.24, 2.45) is 0 Å². The lowest BCUT2D eigenvalue weighted by Gasteiger charge is -2.18. The Bertz CT molecular complexity index is 3360. The van der Waals surface area contributed by atoms with Crippen LogP contribution < -0.4 is 21.3 Å². The molecule has 10 rings (SSSR count). The van der Waals surface area contributed by atoms with Crippen molar-refractivity contribution in [3.63, 3.8) is 0 Å². The van der Waals surface area contributed by atoms with Crippen LogP contribution in [0.2, 0.25) is 0 Å². The summed E-state index contributed by atoms with van der Waals surface area (Å²) < 4.78 is 127. The lowest BCUT2D eigenvalue weighted by Crippen LogP contribution is -2.31. The number of aromatic amines is 1. The molecule has 0 radical (unpaired) electrons. The van der Waals surface area contributed by atoms with E-state index in [2.05, 4.69) is 66.8 Å². The number of benzene rings is 2. The fourth-order valence-corrected chi connectivity index (χ4v) is 8.40. The topological polar surface area (TPSA) is 232 Å². The van der Waals surface area contributed by atoms with E-state index >= 15 is 8.78 Å². The molecule has 376 valence electrons. The summed E-state index contributed by atoms with van der Waals surface area (Å²) in [6.45, 7) is 3.55. The van der Waals surface area contributed by atoms with Gasteiger partial charge in [-0.1, -0.05) is 41.5 Å². The number of rotatable bonds is 16. The molecule has 0 bridgehead atoms. The maximum Gasteiger partial charge on any atom is 0.403 e. The number of hydrogen-bond donors (Lipinski definition) is 5. The Hall–Kier alpha value is -8.58. The standard InChI is InChI=1S/C47H38F8N14O4/c1-3-32-34(62-43-58-19-29(20-59-43)25-5-6-26(30(48)11-25)12-40(70)63-38-14-36(72-67-38)44(8-9-44)46(50,51)52)22-69(66-32)35-16-45(35,47(53,54)55)37-15-39(68-73-37)64-41(71)13-27-7-4-24(10-31(27)49)28-17-56-42(57-18-28)61-33-21-60-65-23(33)2/h4-7,10-11,14-15,17-22,35H,3,8-9,12-13,16H2,1-2H3,(H,60,65)(H,56,57,61)(H,58,59,62)(H,63,67,70)(H,64,68,71). The summed E-state index contributed by atoms with van der Waals surface area (Å²) in [5.41, 5.74) is -0.908. The molecule has 18 nitrogen and oxygen atoms in total. The molecule has 5 N–H and O–H groups in total. The SMILES string of the molecule is CCc1nn(C2CC2(c2cc(NC(=O)Cc3ccc(-c4cnc(Nc5c[nH]nc5C)nc4)cc3F)no2)C(F)(F)F)cc1Nc1ncc(-c2ccc(CC(=O)Nc3cc(C4(C(F)(F)F)CC4)on3)c(F)c2)cn1. The van der Waals surface area contributed by atoms with Gasteiger partial charge in [0.2, 0.25) is 23.7 Å². The quantitative estimate of drug-likeness (QED) is 0.0568. The summed E-state index contributed by atoms with van der Waals surface area (Å²) in [6.07, 6.45) is -1.99. The Morgan fingerprint density at radius 1 is 0.726 bits per heavy atom. The number of amides is 2. The van der Waals surface area contributed by atoms with E-state index in [-0.39, 0.29) is 41.6 Å². The summed E-state index contributed by atoms with van der Waals surface area (Å²) in [7, 11) is 0. The first-order valence-corrected chi connectivity index (χ1v) is 22.3. The lowest BCUT2D eigenvalue weighted by molar-refractivity contribution is -0.169. The Balaban J connectivity index is 0.751. The van der Waals surface area contributed by atoms with Gasteiger partial charge in [-0.2, -0.15) is 36.5 Å². The Morgan fingerprint density at radius 3 is 1.71 bits per heavy atom. The second-order valence-electron chi connectivity index (χ2n) is 17.5. The first kappa shape index (κ1) is 48.1. The predicted octanol–water partition coefficient (Wildman–Crippen LogP) is 9.53. The van der Waals surface area contributed by atoms with E-state index in [9.17, 15) is 35.9 Å². The molecule has 2 fully saturated rings. The minimum absolute atomic E-state index is 0.0128. The van der Waals surface area contributed by atoms with E-state index in [1.807, 2.05) is 0 Å². The van der Waals surface area contributed by atoms with Crippen LogP contribution in [0.1, 0.15) is 66.3 Å². The van der Waals surface area contributed by atoms with Gasteiger partial charge in [-0.25, -0.2) is 28.7 Å². The molecule has 73 heavy (non-hydrogen) atoms. The molecule has 2 unspecified atom stereocenters. The van der Waals surface area contributed by atoms with E-state index in [4.69, 9.17) is 9.05 Å². The number of aryl methyl sites for hydroxylation is 2. The average Bonchev–Trinajstić information content (AvgIpc) is 4.05. The van der Waals surface area contributed by atoms with E-state index in [0.29, 0.717) is 57.4 Å². The van der Waals surface area contributed by atoms with Gasteiger partial charge in [-0.05, 0) is 67.0 Å². The van der Waals surface area contributed by atoms with Crippen LogP contribution in [0, 0.1) is 18.6 Å². The van der Waals surface area contributed by atoms with Crippen LogP contribution in [0.3, 0.4) is 0 Å². The van der Waals surface area contributed by atoms with Crippen molar-refractivity contribution >= 4 is 46.7 Å². The van der Waals surface area contributed by atoms with Crippen LogP contribution in [0.4, 0.5) is 70.0 Å². The van der Waals surface area contributed by atoms with Crippen LogP contribution >= 0.6 is 0 Å². The fourth-order valence-electron chi connectivity index (χ4n) is 8.40. The van der Waals surface area contributed by atoms with E-state index in [0.717, 1.165) is 18.2 Å². The normalized spacial score (nSPS) is 17.0. The average molecular weight is 1010 g/mol. The molecule has 8 aromatic rings. The van der Waals surface area contributed by atoms with E-state index in [1.165, 1.54) is 59.9 Å². The van der Waals surface area contributed by atoms with Crippen LogP contribution in [0.5, 0.6) is 0 Å². The minimum atomic E-state index is -4.84. The molecule has 0 aliphatic heterocycles. The summed E-state index contributed by atoms with van der Waals surface area (Å²) in [4.78, 5) is 42.7. The molecule has 2 aliphatic rings. The molecule has 2 aliphatic carbocycles. The molecule has 6 aromatic heterocycles. The Kier molecular flexibility index (Phi) is 12.0. The third kappa shape index (κ3) is 9.41. The van der Waals surface area contributed by atoms with Crippen molar-refractivity contribution < 1.29 is 53.8 Å². The van der Waals surface area contributed by atoms with E-state index < -0.39 is 83.5 Å². The molecule has 6 heterocycles. The number of H-pyrrole nitrogens is 1. The molecule has 2 saturated carbocycles. The molecule has 2 atom stereocenters. The highest BCUT2D eigenvalue weighted by Gasteiger charge is 2.75. The fraction of sp³-hybridized carbons (Fsp3) is 0.277. The smallest absolute Gasteiger partial charge is 0.358 e. The van der Waals surface area contributed by atoms with Crippen molar-refractivity contribution in [1.82, 2.24) is 50.2 Å². The third-order valence-corrected chi connectivity index (χ3v) is 12.8. The zero-order valence-corrected chi connectivity index (χ0v) is 38.1. The Morgan fingerprint density at radius 2 is 1.25 bits per heavy atom. The van der Waals surface area contributed by atoms with Crippen molar-refractivity contribution in [3.8, 4) is 22.3 Å². The van der Waals surface area contributed by atoms with Crippen LogP contribution in [0.25, 0.3) is 22.3 Å². The molecule has 0 spiro atoms. The molecule has 0 saturated heterocycles. The summed E-state index contributed by atoms with van der Waals surface area (Å²) >= 11 is 0. The number of aromatic nitrogens is 10. The second-order valence-corrected chi connectivity index (χ2v) is 17.5. The summed E-state index contributed by atoms with van der Waals surface area (Å²) in [5.74, 6) is -4.12. The van der Waals surface area contributed by atoms with Crippen molar-refractivity contribution in [2.75, 3.05) is 21.3 Å². The van der Waals surface area contributed by atoms with Gasteiger partial charge in [-0.3, -0.25) is 19.4 Å². The molecular weight excluding hydrogens is 977 g/mol. The molecule has 26 heteroatoms. The second kappa shape index (κ2) is 18.2. The van der Waals surface area contributed by atoms with Crippen molar-refractivity contribution in [1.29, 1.82) is 0 Å². The predicted molar refractivity (Wildman–Crippen MR) is 242 cm³/mol. The maximum absolute atomic E-state index is 15.2. The monoisotopic (exact) mass is 1010 g/mol. The van der Waals surface area contributed by atoms with Gasteiger partial charge in [0.25, 0.3) is 0 Å². The minimum Gasteiger partial charge on any atom is -0.358 e. The first-order chi connectivity index (χ1) is 34.8. The zero-order chi connectivity index (χ0) is 51.5. The number of nitrogens with zero attached hydrogens (tertiary/aromatic N) is 9. The highest BCUT2D eigenvalue weighted by molar-refractivity contribution is 5.92. The third-order valence-electron chi connectivity index (χ3n) is 12.8. The number of carbonyl (C=O) groups excluding carboxylic acids is 2. The van der Waals surface area contributed by atoms with Gasteiger partial charge in [0, 0.05) is 60.4 Å². The first-order valence-electron chi connectivity index (χ1n) is 22.3. The van der Waals surface area contributed by atoms with Crippen molar-refractivity contribution in [3.05, 3.63) is 131 Å². The van der Waals surface area contributed by atoms with Gasteiger partial charge in [0.05, 0.1) is 41.6 Å². The van der Waals surface area contributed by atoms with Gasteiger partial charge < -0.3 is 30.3 Å². The molecule has 2 aromatic carbocycles. The largest absolute Gasteiger partial charge is 0.403 e. The number of alkyl halides is 6. The van der Waals surface area contributed by atoms with Gasteiger partial charge in [0.1, 0.15) is 17.0 Å². The highest BCUT2D eigenvalue weighted by Crippen LogP contribution is 2.66. The number of hydrogen-bond acceptors (Lipinski definition) is 14. The van der Waals surface area contributed by atoms with E-state index in [1.54, 1.807) is 26.1 Å². The summed E-state index contributed by atoms with van der Waals surface area (Å²) in [6, 6.07) is 8.95. The van der Waals surface area contributed by atoms with Crippen LogP contribution in [-0.4, -0.2) is 74.4 Å². The van der Waals surface area contributed by atoms with Crippen LogP contribution in [-0.2, 0) is 39.7 Å². The number of carbonyl (C=O) groups is 2.